The van der Waals surface area contributed by atoms with Gasteiger partial charge in [0.2, 0.25) is 5.88 Å². The van der Waals surface area contributed by atoms with Gasteiger partial charge in [-0.05, 0) is 17.2 Å². The minimum atomic E-state index is -1.34. The molecule has 0 spiro atoms. The zero-order valence-corrected chi connectivity index (χ0v) is 11.3. The van der Waals surface area contributed by atoms with Crippen LogP contribution in [0.5, 0.6) is 5.88 Å². The van der Waals surface area contributed by atoms with Crippen LogP contribution in [0.4, 0.5) is 0 Å². The van der Waals surface area contributed by atoms with Crippen molar-refractivity contribution in [3.8, 4) is 5.88 Å². The van der Waals surface area contributed by atoms with E-state index < -0.39 is 8.07 Å². The van der Waals surface area contributed by atoms with E-state index in [1.54, 1.807) is 0 Å². The van der Waals surface area contributed by atoms with Crippen LogP contribution in [-0.2, 0) is 12.8 Å². The molecule has 2 heterocycles. The molecule has 2 nitrogen and oxygen atoms in total. The highest BCUT2D eigenvalue weighted by atomic mass is 28.3. The second kappa shape index (κ2) is 4.05. The van der Waals surface area contributed by atoms with Crippen molar-refractivity contribution in [1.29, 1.82) is 0 Å². The van der Waals surface area contributed by atoms with Gasteiger partial charge in [-0.15, -0.1) is 6.58 Å². The maximum absolute atomic E-state index is 5.55. The molecule has 1 aliphatic heterocycles. The van der Waals surface area contributed by atoms with Crippen LogP contribution in [0.1, 0.15) is 11.1 Å². The quantitative estimate of drug-likeness (QED) is 0.590. The summed E-state index contributed by atoms with van der Waals surface area (Å²) < 4.78 is 5.55. The van der Waals surface area contributed by atoms with Gasteiger partial charge in [0, 0.05) is 18.2 Å². The molecule has 3 heteroatoms. The van der Waals surface area contributed by atoms with Crippen LogP contribution in [0.2, 0.25) is 19.6 Å². The Morgan fingerprint density at radius 1 is 1.50 bits per heavy atom. The average molecular weight is 233 g/mol. The highest BCUT2D eigenvalue weighted by molar-refractivity contribution is 6.89. The Hall–Kier alpha value is -1.09. The van der Waals surface area contributed by atoms with Crippen molar-refractivity contribution in [3.05, 3.63) is 30.0 Å². The predicted molar refractivity (Wildman–Crippen MR) is 70.3 cm³/mol. The van der Waals surface area contributed by atoms with Crippen LogP contribution in [-0.4, -0.2) is 19.7 Å². The summed E-state index contributed by atoms with van der Waals surface area (Å²) in [5.74, 6) is 0.866. The summed E-state index contributed by atoms with van der Waals surface area (Å²) in [5, 5.41) is 1.54. The Morgan fingerprint density at radius 3 is 2.88 bits per heavy atom. The molecule has 86 valence electrons. The standard InChI is InChI=1S/C13H19NOSi/c1-5-6-10-9-14-13-11(7-8-15-13)12(10)16(2,3)4/h5,9H,1,6-8H2,2-4H3. The number of aromatic nitrogens is 1. The lowest BCUT2D eigenvalue weighted by Crippen LogP contribution is -2.42. The molecular formula is C13H19NOSi. The van der Waals surface area contributed by atoms with E-state index in [1.807, 2.05) is 12.3 Å². The summed E-state index contributed by atoms with van der Waals surface area (Å²) in [4.78, 5) is 4.40. The number of hydrogen-bond donors (Lipinski definition) is 0. The van der Waals surface area contributed by atoms with Gasteiger partial charge in [-0.3, -0.25) is 0 Å². The number of pyridine rings is 1. The maximum Gasteiger partial charge on any atom is 0.216 e. The molecule has 0 amide bonds. The first-order valence-corrected chi connectivity index (χ1v) is 9.29. The first-order chi connectivity index (χ1) is 7.54. The van der Waals surface area contributed by atoms with Crippen molar-refractivity contribution in [1.82, 2.24) is 4.98 Å². The number of hydrogen-bond acceptors (Lipinski definition) is 2. The van der Waals surface area contributed by atoms with E-state index in [9.17, 15) is 0 Å². The molecule has 1 aromatic rings. The van der Waals surface area contributed by atoms with Crippen LogP contribution in [0.25, 0.3) is 0 Å². The number of nitrogens with zero attached hydrogens (tertiary/aromatic N) is 1. The summed E-state index contributed by atoms with van der Waals surface area (Å²) in [6, 6.07) is 0. The molecule has 16 heavy (non-hydrogen) atoms. The molecule has 0 atom stereocenters. The Bertz CT molecular complexity index is 421. The smallest absolute Gasteiger partial charge is 0.216 e. The molecule has 0 N–H and O–H groups in total. The molecule has 0 unspecified atom stereocenters. The van der Waals surface area contributed by atoms with Crippen LogP contribution in [0, 0.1) is 0 Å². The minimum Gasteiger partial charge on any atom is -0.477 e. The number of ether oxygens (including phenoxy) is 1. The lowest BCUT2D eigenvalue weighted by molar-refractivity contribution is 0.345. The Balaban J connectivity index is 2.60. The number of allylic oxidation sites excluding steroid dienone is 1. The third kappa shape index (κ3) is 1.92. The molecule has 0 fully saturated rings. The highest BCUT2D eigenvalue weighted by Crippen LogP contribution is 2.24. The largest absolute Gasteiger partial charge is 0.477 e. The molecule has 0 bridgehead atoms. The van der Waals surface area contributed by atoms with Crippen LogP contribution in [0.15, 0.2) is 18.9 Å². The fraction of sp³-hybridized carbons (Fsp3) is 0.462. The second-order valence-electron chi connectivity index (χ2n) is 5.28. The van der Waals surface area contributed by atoms with E-state index in [-0.39, 0.29) is 0 Å². The van der Waals surface area contributed by atoms with E-state index in [1.165, 1.54) is 16.3 Å². The maximum atomic E-state index is 5.55. The fourth-order valence-corrected chi connectivity index (χ4v) is 4.70. The number of fused-ring (bicyclic) bond motifs is 1. The molecule has 0 aromatic carbocycles. The molecule has 2 rings (SSSR count). The van der Waals surface area contributed by atoms with Crippen molar-refractivity contribution in [3.63, 3.8) is 0 Å². The highest BCUT2D eigenvalue weighted by Gasteiger charge is 2.28. The fourth-order valence-electron chi connectivity index (χ4n) is 2.43. The van der Waals surface area contributed by atoms with Crippen molar-refractivity contribution < 1.29 is 4.74 Å². The van der Waals surface area contributed by atoms with Crippen molar-refractivity contribution in [2.75, 3.05) is 6.61 Å². The lowest BCUT2D eigenvalue weighted by atomic mass is 10.1. The van der Waals surface area contributed by atoms with Gasteiger partial charge < -0.3 is 4.74 Å². The summed E-state index contributed by atoms with van der Waals surface area (Å²) in [6.45, 7) is 11.8. The molecule has 1 aromatic heterocycles. The Kier molecular flexibility index (Phi) is 2.89. The third-order valence-electron chi connectivity index (χ3n) is 2.92. The Morgan fingerprint density at radius 2 is 2.25 bits per heavy atom. The normalized spacial score (nSPS) is 14.4. The predicted octanol–water partition coefficient (Wildman–Crippen LogP) is 2.29. The molecular weight excluding hydrogens is 214 g/mol. The van der Waals surface area contributed by atoms with Crippen molar-refractivity contribution in [2.24, 2.45) is 0 Å². The van der Waals surface area contributed by atoms with Gasteiger partial charge in [0.05, 0.1) is 14.7 Å². The van der Waals surface area contributed by atoms with E-state index in [0.717, 1.165) is 25.3 Å². The van der Waals surface area contributed by atoms with Crippen LogP contribution in [0.3, 0.4) is 0 Å². The lowest BCUT2D eigenvalue weighted by Gasteiger charge is -2.23. The first-order valence-electron chi connectivity index (χ1n) is 5.79. The van der Waals surface area contributed by atoms with Crippen LogP contribution >= 0.6 is 0 Å². The van der Waals surface area contributed by atoms with Crippen LogP contribution < -0.4 is 9.92 Å². The topological polar surface area (TPSA) is 22.1 Å². The molecule has 0 radical (unpaired) electrons. The summed E-state index contributed by atoms with van der Waals surface area (Å²) >= 11 is 0. The SMILES string of the molecule is C=CCc1cnc2c(c1[Si](C)(C)C)CCO2. The molecule has 0 saturated heterocycles. The average Bonchev–Trinajstić information content (AvgIpc) is 2.63. The number of rotatable bonds is 3. The summed E-state index contributed by atoms with van der Waals surface area (Å²) in [5.41, 5.74) is 2.71. The van der Waals surface area contributed by atoms with Gasteiger partial charge >= 0.3 is 0 Å². The van der Waals surface area contributed by atoms with E-state index in [0.29, 0.717) is 0 Å². The van der Waals surface area contributed by atoms with Crippen molar-refractivity contribution >= 4 is 13.3 Å². The van der Waals surface area contributed by atoms with Crippen molar-refractivity contribution in [2.45, 2.75) is 32.5 Å². The molecule has 0 saturated carbocycles. The monoisotopic (exact) mass is 233 g/mol. The van der Waals surface area contributed by atoms with Gasteiger partial charge in [-0.2, -0.15) is 0 Å². The first kappa shape index (κ1) is 11.4. The minimum absolute atomic E-state index is 0.789. The van der Waals surface area contributed by atoms with Gasteiger partial charge in [-0.1, -0.05) is 25.7 Å². The van der Waals surface area contributed by atoms with E-state index in [2.05, 4.69) is 31.2 Å². The second-order valence-corrected chi connectivity index (χ2v) is 10.3. The summed E-state index contributed by atoms with van der Waals surface area (Å²) in [6.07, 6.45) is 5.87. The van der Waals surface area contributed by atoms with Gasteiger partial charge in [0.1, 0.15) is 0 Å². The van der Waals surface area contributed by atoms with Gasteiger partial charge in [-0.25, -0.2) is 4.98 Å². The Labute approximate surface area is 98.4 Å². The third-order valence-corrected chi connectivity index (χ3v) is 5.05. The van der Waals surface area contributed by atoms with E-state index in [4.69, 9.17) is 4.74 Å². The molecule has 0 aliphatic carbocycles. The summed E-state index contributed by atoms with van der Waals surface area (Å²) in [7, 11) is -1.34. The van der Waals surface area contributed by atoms with Gasteiger partial charge in [0.25, 0.3) is 0 Å². The van der Waals surface area contributed by atoms with E-state index >= 15 is 0 Å². The molecule has 1 aliphatic rings. The zero-order chi connectivity index (χ0) is 11.8. The van der Waals surface area contributed by atoms with Gasteiger partial charge in [0.15, 0.2) is 0 Å². The zero-order valence-electron chi connectivity index (χ0n) is 10.3.